The molecule has 2 aromatic rings. The number of carbonyl (C=O) groups is 1. The Balaban J connectivity index is 0.00000256. The van der Waals surface area contributed by atoms with Crippen LogP contribution in [-0.4, -0.2) is 48.6 Å². The Labute approximate surface area is 187 Å². The summed E-state index contributed by atoms with van der Waals surface area (Å²) < 4.78 is 20.5. The normalized spacial score (nSPS) is 18.0. The second-order valence-corrected chi connectivity index (χ2v) is 9.36. The Morgan fingerprint density at radius 1 is 1.23 bits per heavy atom. The van der Waals surface area contributed by atoms with Gasteiger partial charge in [0.1, 0.15) is 24.7 Å². The third-order valence-electron chi connectivity index (χ3n) is 5.70. The van der Waals surface area contributed by atoms with Crippen LogP contribution in [0.15, 0.2) is 48.0 Å². The second-order valence-electron chi connectivity index (χ2n) is 8.22. The van der Waals surface area contributed by atoms with Crippen LogP contribution in [0.1, 0.15) is 17.5 Å². The molecule has 1 unspecified atom stereocenters. The lowest BCUT2D eigenvalue weighted by atomic mass is 10.1. The number of nitrogens with zero attached hydrogens (tertiary/aromatic N) is 1. The van der Waals surface area contributed by atoms with Crippen LogP contribution in [0.5, 0.6) is 5.75 Å². The molecule has 1 amide bonds. The minimum absolute atomic E-state index is 0. The average molecular weight is 449 g/mol. The van der Waals surface area contributed by atoms with Gasteiger partial charge in [0.25, 0.3) is 5.91 Å². The van der Waals surface area contributed by atoms with E-state index in [-0.39, 0.29) is 24.9 Å². The molecule has 2 aliphatic rings. The molecular weight excluding hydrogens is 423 g/mol. The van der Waals surface area contributed by atoms with Crippen molar-refractivity contribution in [3.05, 3.63) is 65.0 Å². The molecule has 4 rings (SSSR count). The molecule has 30 heavy (non-hydrogen) atoms. The molecule has 0 radical (unpaired) electrons. The van der Waals surface area contributed by atoms with Gasteiger partial charge in [0.15, 0.2) is 0 Å². The van der Waals surface area contributed by atoms with E-state index in [9.17, 15) is 9.18 Å². The maximum Gasteiger partial charge on any atom is 0.255 e. The van der Waals surface area contributed by atoms with Crippen molar-refractivity contribution < 1.29 is 30.8 Å². The van der Waals surface area contributed by atoms with E-state index in [2.05, 4.69) is 31.5 Å². The first kappa shape index (κ1) is 22.7. The van der Waals surface area contributed by atoms with E-state index in [1.807, 2.05) is 23.9 Å². The van der Waals surface area contributed by atoms with Crippen molar-refractivity contribution >= 4 is 29.4 Å². The van der Waals surface area contributed by atoms with Crippen LogP contribution in [0.3, 0.4) is 0 Å². The zero-order valence-corrected chi connectivity index (χ0v) is 18.7. The van der Waals surface area contributed by atoms with Gasteiger partial charge in [-0.2, -0.15) is 11.8 Å². The molecule has 2 aromatic carbocycles. The van der Waals surface area contributed by atoms with Gasteiger partial charge in [0, 0.05) is 23.4 Å². The number of ether oxygens (including phenoxy) is 1. The highest BCUT2D eigenvalue weighted by atomic mass is 35.5. The molecule has 0 bridgehead atoms. The highest BCUT2D eigenvalue weighted by molar-refractivity contribution is 7.99. The molecule has 2 heterocycles. The minimum Gasteiger partial charge on any atom is -1.00 e. The Kier molecular flexibility index (Phi) is 7.11. The second kappa shape index (κ2) is 9.41. The zero-order chi connectivity index (χ0) is 20.4. The predicted molar refractivity (Wildman–Crippen MR) is 116 cm³/mol. The third-order valence-corrected chi connectivity index (χ3v) is 6.85. The van der Waals surface area contributed by atoms with Crippen molar-refractivity contribution in [3.8, 4) is 5.75 Å². The summed E-state index contributed by atoms with van der Waals surface area (Å²) in [7, 11) is 4.58. The number of rotatable bonds is 5. The molecule has 1 N–H and O–H groups in total. The standard InChI is InChI=1S/C23H25FN2O2S.ClH/c1-26(2,19-10-11-29-15-19)13-16-6-8-18(9-7-16)25-23(27)17-12-20-21(24)4-3-5-22(20)28-14-17;/h3-9,12,19H,10-11,13-15H2,1-2H3;1H. The van der Waals surface area contributed by atoms with Crippen molar-refractivity contribution in [1.82, 2.24) is 0 Å². The van der Waals surface area contributed by atoms with Crippen LogP contribution in [0.4, 0.5) is 10.1 Å². The van der Waals surface area contributed by atoms with Gasteiger partial charge in [0.05, 0.1) is 31.3 Å². The van der Waals surface area contributed by atoms with Crippen LogP contribution in [0, 0.1) is 5.82 Å². The molecule has 0 aromatic heterocycles. The lowest BCUT2D eigenvalue weighted by molar-refractivity contribution is -0.924. The predicted octanol–water partition coefficient (Wildman–Crippen LogP) is 1.33. The number of fused-ring (bicyclic) bond motifs is 1. The number of benzene rings is 2. The van der Waals surface area contributed by atoms with Crippen LogP contribution in [0.25, 0.3) is 6.08 Å². The minimum atomic E-state index is -0.391. The number of quaternary nitrogens is 1. The SMILES string of the molecule is C[N+](C)(Cc1ccc(NC(=O)C2=Cc3c(F)cccc3OC2)cc1)C1CCSC1.[Cl-]. The highest BCUT2D eigenvalue weighted by Gasteiger charge is 2.31. The van der Waals surface area contributed by atoms with Crippen molar-refractivity contribution in [3.63, 3.8) is 0 Å². The molecule has 160 valence electrons. The smallest absolute Gasteiger partial charge is 0.255 e. The first-order chi connectivity index (χ1) is 13.9. The third kappa shape index (κ3) is 4.99. The lowest BCUT2D eigenvalue weighted by Crippen LogP contribution is -3.00. The molecule has 2 aliphatic heterocycles. The van der Waals surface area contributed by atoms with E-state index in [4.69, 9.17) is 4.74 Å². The van der Waals surface area contributed by atoms with Crippen molar-refractivity contribution in [2.45, 2.75) is 19.0 Å². The highest BCUT2D eigenvalue weighted by Crippen LogP contribution is 2.29. The lowest BCUT2D eigenvalue weighted by Gasteiger charge is -2.35. The van der Waals surface area contributed by atoms with Gasteiger partial charge >= 0.3 is 0 Å². The van der Waals surface area contributed by atoms with Gasteiger partial charge < -0.3 is 26.9 Å². The maximum atomic E-state index is 14.0. The van der Waals surface area contributed by atoms with Crippen LogP contribution in [-0.2, 0) is 11.3 Å². The zero-order valence-electron chi connectivity index (χ0n) is 17.2. The summed E-state index contributed by atoms with van der Waals surface area (Å²) in [6.45, 7) is 1.10. The molecule has 0 spiro atoms. The quantitative estimate of drug-likeness (QED) is 0.701. The number of hydrogen-bond donors (Lipinski definition) is 1. The van der Waals surface area contributed by atoms with Crippen LogP contribution < -0.4 is 22.5 Å². The monoisotopic (exact) mass is 448 g/mol. The van der Waals surface area contributed by atoms with Crippen molar-refractivity contribution in [1.29, 1.82) is 0 Å². The molecular formula is C23H26ClFN2O2S. The van der Waals surface area contributed by atoms with Crippen LogP contribution in [0.2, 0.25) is 0 Å². The van der Waals surface area contributed by atoms with Gasteiger partial charge in [0.2, 0.25) is 0 Å². The number of halogens is 2. The summed E-state index contributed by atoms with van der Waals surface area (Å²) in [4.78, 5) is 12.6. The number of anilines is 1. The Hall–Kier alpha value is -2.02. The maximum absolute atomic E-state index is 14.0. The van der Waals surface area contributed by atoms with E-state index in [1.54, 1.807) is 18.2 Å². The summed E-state index contributed by atoms with van der Waals surface area (Å²) in [5.41, 5.74) is 2.70. The van der Waals surface area contributed by atoms with Gasteiger partial charge in [-0.15, -0.1) is 0 Å². The Morgan fingerprint density at radius 3 is 2.70 bits per heavy atom. The fourth-order valence-electron chi connectivity index (χ4n) is 3.86. The summed E-state index contributed by atoms with van der Waals surface area (Å²) >= 11 is 2.04. The molecule has 1 atom stereocenters. The average Bonchev–Trinajstić information content (AvgIpc) is 3.25. The van der Waals surface area contributed by atoms with E-state index >= 15 is 0 Å². The van der Waals surface area contributed by atoms with E-state index in [0.29, 0.717) is 22.9 Å². The Morgan fingerprint density at radius 2 is 2.00 bits per heavy atom. The summed E-state index contributed by atoms with van der Waals surface area (Å²) in [5, 5.41) is 2.89. The van der Waals surface area contributed by atoms with E-state index in [0.717, 1.165) is 16.7 Å². The van der Waals surface area contributed by atoms with Gasteiger partial charge in [-0.1, -0.05) is 18.2 Å². The number of thioether (sulfide) groups is 1. The number of carbonyl (C=O) groups excluding carboxylic acids is 1. The Bertz CT molecular complexity index is 941. The van der Waals surface area contributed by atoms with Crippen molar-refractivity contribution in [2.75, 3.05) is 37.5 Å². The topological polar surface area (TPSA) is 38.3 Å². The molecule has 1 fully saturated rings. The number of hydrogen-bond acceptors (Lipinski definition) is 3. The molecule has 0 aliphatic carbocycles. The summed E-state index contributed by atoms with van der Waals surface area (Å²) in [6.07, 6.45) is 2.84. The fraction of sp³-hybridized carbons (Fsp3) is 0.348. The van der Waals surface area contributed by atoms with E-state index in [1.165, 1.54) is 29.6 Å². The first-order valence-corrected chi connectivity index (χ1v) is 11.0. The molecule has 7 heteroatoms. The number of amides is 1. The van der Waals surface area contributed by atoms with E-state index < -0.39 is 5.82 Å². The first-order valence-electron chi connectivity index (χ1n) is 9.85. The molecule has 0 saturated carbocycles. The van der Waals surface area contributed by atoms with Crippen molar-refractivity contribution in [2.24, 2.45) is 0 Å². The number of nitrogens with one attached hydrogen (secondary N) is 1. The molecule has 1 saturated heterocycles. The fourth-order valence-corrected chi connectivity index (χ4v) is 5.31. The summed E-state index contributed by atoms with van der Waals surface area (Å²) in [5.74, 6) is 2.28. The molecule has 4 nitrogen and oxygen atoms in total. The van der Waals surface area contributed by atoms with Gasteiger partial charge in [-0.25, -0.2) is 4.39 Å². The largest absolute Gasteiger partial charge is 1.00 e. The van der Waals surface area contributed by atoms with Crippen LogP contribution >= 0.6 is 11.8 Å². The summed E-state index contributed by atoms with van der Waals surface area (Å²) in [6, 6.07) is 13.3. The van der Waals surface area contributed by atoms with Gasteiger partial charge in [-0.05, 0) is 36.1 Å². The van der Waals surface area contributed by atoms with Gasteiger partial charge in [-0.3, -0.25) is 4.79 Å².